The summed E-state index contributed by atoms with van der Waals surface area (Å²) in [6.45, 7) is 2.02. The number of aromatic nitrogens is 1. The summed E-state index contributed by atoms with van der Waals surface area (Å²) in [5, 5.41) is 1.03. The van der Waals surface area contributed by atoms with Gasteiger partial charge in [-0.2, -0.15) is 0 Å². The molecule has 0 saturated carbocycles. The molecule has 5 heteroatoms. The number of pyridine rings is 1. The van der Waals surface area contributed by atoms with Gasteiger partial charge in [0.25, 0.3) is 0 Å². The number of nitrogens with zero attached hydrogens (tertiary/aromatic N) is 2. The van der Waals surface area contributed by atoms with E-state index in [1.54, 1.807) is 18.9 Å². The Hall–Kier alpha value is -2.40. The van der Waals surface area contributed by atoms with Crippen molar-refractivity contribution in [3.05, 3.63) is 64.6 Å². The first kappa shape index (κ1) is 16.5. The van der Waals surface area contributed by atoms with E-state index in [0.717, 1.165) is 26.7 Å². The molecular weight excluding hydrogens is 368 g/mol. The minimum atomic E-state index is -0.0465. The van der Waals surface area contributed by atoms with E-state index in [2.05, 4.69) is 20.9 Å². The number of methoxy groups -OCH3 is 1. The van der Waals surface area contributed by atoms with E-state index >= 15 is 0 Å². The highest BCUT2D eigenvalue weighted by atomic mass is 79.9. The molecule has 0 aliphatic carbocycles. The first-order valence-corrected chi connectivity index (χ1v) is 8.33. The molecule has 2 aromatic carbocycles. The molecule has 0 N–H and O–H groups in total. The first-order valence-electron chi connectivity index (χ1n) is 7.54. The molecule has 1 aromatic heterocycles. The van der Waals surface area contributed by atoms with Crippen LogP contribution in [0, 0.1) is 0 Å². The number of carbonyl (C=O) groups is 1. The van der Waals surface area contributed by atoms with Crippen LogP contribution in [0.4, 0.5) is 5.82 Å². The quantitative estimate of drug-likeness (QED) is 0.661. The van der Waals surface area contributed by atoms with Gasteiger partial charge in [-0.05, 0) is 48.0 Å². The number of amides is 1. The van der Waals surface area contributed by atoms with Gasteiger partial charge in [0.05, 0.1) is 19.2 Å². The summed E-state index contributed by atoms with van der Waals surface area (Å²) < 4.78 is 6.17. The molecule has 0 fully saturated rings. The van der Waals surface area contributed by atoms with Crippen molar-refractivity contribution in [3.8, 4) is 5.75 Å². The fourth-order valence-corrected chi connectivity index (χ4v) is 2.88. The lowest BCUT2D eigenvalue weighted by molar-refractivity contribution is -0.116. The van der Waals surface area contributed by atoms with Crippen LogP contribution < -0.4 is 9.64 Å². The van der Waals surface area contributed by atoms with Crippen LogP contribution in [-0.4, -0.2) is 18.0 Å². The highest BCUT2D eigenvalue weighted by molar-refractivity contribution is 9.10. The number of anilines is 1. The van der Waals surface area contributed by atoms with E-state index in [1.807, 2.05) is 54.6 Å². The molecule has 1 heterocycles. The molecular formula is C19H17BrN2O2. The molecule has 0 saturated heterocycles. The summed E-state index contributed by atoms with van der Waals surface area (Å²) >= 11 is 3.46. The Morgan fingerprint density at radius 3 is 2.54 bits per heavy atom. The second kappa shape index (κ2) is 7.01. The third-order valence-electron chi connectivity index (χ3n) is 3.79. The second-order valence-electron chi connectivity index (χ2n) is 5.46. The minimum Gasteiger partial charge on any atom is -0.497 e. The lowest BCUT2D eigenvalue weighted by atomic mass is 10.2. The molecule has 0 unspecified atom stereocenters. The van der Waals surface area contributed by atoms with Crippen molar-refractivity contribution in [2.24, 2.45) is 0 Å². The van der Waals surface area contributed by atoms with Gasteiger partial charge in [-0.15, -0.1) is 0 Å². The Morgan fingerprint density at radius 2 is 1.88 bits per heavy atom. The lowest BCUT2D eigenvalue weighted by Gasteiger charge is -2.20. The fourth-order valence-electron chi connectivity index (χ4n) is 2.50. The van der Waals surface area contributed by atoms with Crippen molar-refractivity contribution >= 4 is 38.6 Å². The molecule has 0 atom stereocenters. The Balaban J connectivity index is 1.92. The number of halogens is 1. The van der Waals surface area contributed by atoms with Crippen LogP contribution in [-0.2, 0) is 11.3 Å². The zero-order chi connectivity index (χ0) is 17.1. The van der Waals surface area contributed by atoms with Crippen LogP contribution in [0.1, 0.15) is 12.5 Å². The van der Waals surface area contributed by atoms with Crippen molar-refractivity contribution in [3.63, 3.8) is 0 Å². The molecule has 1 amide bonds. The maximum atomic E-state index is 12.1. The first-order chi connectivity index (χ1) is 11.6. The highest BCUT2D eigenvalue weighted by Crippen LogP contribution is 2.23. The molecule has 0 aliphatic heterocycles. The molecule has 0 aliphatic rings. The average Bonchev–Trinajstić information content (AvgIpc) is 2.59. The largest absolute Gasteiger partial charge is 0.497 e. The van der Waals surface area contributed by atoms with Crippen molar-refractivity contribution in [1.29, 1.82) is 0 Å². The van der Waals surface area contributed by atoms with Gasteiger partial charge in [0, 0.05) is 16.8 Å². The summed E-state index contributed by atoms with van der Waals surface area (Å²) in [6, 6.07) is 17.4. The van der Waals surface area contributed by atoms with Gasteiger partial charge in [0.2, 0.25) is 5.91 Å². The topological polar surface area (TPSA) is 42.4 Å². The summed E-state index contributed by atoms with van der Waals surface area (Å²) in [4.78, 5) is 18.4. The van der Waals surface area contributed by atoms with E-state index in [4.69, 9.17) is 4.74 Å². The Labute approximate surface area is 149 Å². The summed E-state index contributed by atoms with van der Waals surface area (Å²) in [5.41, 5.74) is 1.88. The zero-order valence-corrected chi connectivity index (χ0v) is 15.1. The third kappa shape index (κ3) is 3.57. The van der Waals surface area contributed by atoms with Gasteiger partial charge in [0.1, 0.15) is 11.6 Å². The van der Waals surface area contributed by atoms with Gasteiger partial charge in [-0.3, -0.25) is 9.69 Å². The Bertz CT molecular complexity index is 878. The lowest BCUT2D eigenvalue weighted by Crippen LogP contribution is -2.28. The number of ether oxygens (including phenoxy) is 1. The van der Waals surface area contributed by atoms with E-state index in [-0.39, 0.29) is 5.91 Å². The highest BCUT2D eigenvalue weighted by Gasteiger charge is 2.14. The van der Waals surface area contributed by atoms with E-state index in [0.29, 0.717) is 12.4 Å². The van der Waals surface area contributed by atoms with E-state index < -0.39 is 0 Å². The van der Waals surface area contributed by atoms with Crippen LogP contribution in [0.25, 0.3) is 10.9 Å². The van der Waals surface area contributed by atoms with Crippen molar-refractivity contribution in [2.45, 2.75) is 13.5 Å². The minimum absolute atomic E-state index is 0.0465. The van der Waals surface area contributed by atoms with Gasteiger partial charge >= 0.3 is 0 Å². The molecule has 0 bridgehead atoms. The molecule has 0 radical (unpaired) electrons. The van der Waals surface area contributed by atoms with Crippen LogP contribution in [0.3, 0.4) is 0 Å². The van der Waals surface area contributed by atoms with Gasteiger partial charge in [0.15, 0.2) is 0 Å². The standard InChI is InChI=1S/C19H17BrN2O2/c1-13(23)22(12-14-3-7-17(24-2)8-4-14)19-10-5-15-11-16(20)6-9-18(15)21-19/h3-11H,12H2,1-2H3. The summed E-state index contributed by atoms with van der Waals surface area (Å²) in [6.07, 6.45) is 0. The van der Waals surface area contributed by atoms with E-state index in [1.165, 1.54) is 0 Å². The number of hydrogen-bond donors (Lipinski definition) is 0. The van der Waals surface area contributed by atoms with Crippen LogP contribution in [0.5, 0.6) is 5.75 Å². The molecule has 0 spiro atoms. The zero-order valence-electron chi connectivity index (χ0n) is 13.5. The second-order valence-corrected chi connectivity index (χ2v) is 6.38. The van der Waals surface area contributed by atoms with Gasteiger partial charge in [-0.1, -0.05) is 28.1 Å². The van der Waals surface area contributed by atoms with Crippen LogP contribution >= 0.6 is 15.9 Å². The Morgan fingerprint density at radius 1 is 1.12 bits per heavy atom. The number of carbonyl (C=O) groups excluding carboxylic acids is 1. The maximum Gasteiger partial charge on any atom is 0.225 e. The molecule has 3 aromatic rings. The maximum absolute atomic E-state index is 12.1. The smallest absolute Gasteiger partial charge is 0.225 e. The molecule has 24 heavy (non-hydrogen) atoms. The predicted molar refractivity (Wildman–Crippen MR) is 99.3 cm³/mol. The monoisotopic (exact) mass is 384 g/mol. The molecule has 4 nitrogen and oxygen atoms in total. The number of hydrogen-bond acceptors (Lipinski definition) is 3. The predicted octanol–water partition coefficient (Wildman–Crippen LogP) is 4.56. The Kier molecular flexibility index (Phi) is 4.81. The SMILES string of the molecule is COc1ccc(CN(C(C)=O)c2ccc3cc(Br)ccc3n2)cc1. The normalized spacial score (nSPS) is 10.6. The van der Waals surface area contributed by atoms with Crippen molar-refractivity contribution < 1.29 is 9.53 Å². The van der Waals surface area contributed by atoms with Crippen LogP contribution in [0.2, 0.25) is 0 Å². The molecule has 3 rings (SSSR count). The molecule has 122 valence electrons. The van der Waals surface area contributed by atoms with Gasteiger partial charge in [-0.25, -0.2) is 4.98 Å². The average molecular weight is 385 g/mol. The van der Waals surface area contributed by atoms with Crippen LogP contribution in [0.15, 0.2) is 59.1 Å². The fraction of sp³-hybridized carbons (Fsp3) is 0.158. The summed E-state index contributed by atoms with van der Waals surface area (Å²) in [7, 11) is 1.63. The third-order valence-corrected chi connectivity index (χ3v) is 4.29. The number of rotatable bonds is 4. The van der Waals surface area contributed by atoms with Gasteiger partial charge < -0.3 is 4.74 Å². The summed E-state index contributed by atoms with van der Waals surface area (Å²) in [5.74, 6) is 1.39. The van der Waals surface area contributed by atoms with Crippen molar-refractivity contribution in [1.82, 2.24) is 4.98 Å². The number of benzene rings is 2. The number of fused-ring (bicyclic) bond motifs is 1. The van der Waals surface area contributed by atoms with Crippen molar-refractivity contribution in [2.75, 3.05) is 12.0 Å². The van der Waals surface area contributed by atoms with E-state index in [9.17, 15) is 4.79 Å².